The summed E-state index contributed by atoms with van der Waals surface area (Å²) in [6, 6.07) is 10.5. The van der Waals surface area contributed by atoms with Crippen molar-refractivity contribution in [1.29, 1.82) is 0 Å². The zero-order valence-corrected chi connectivity index (χ0v) is 17.7. The molecular formula is C19H20F2N4O3S2. The third-order valence-corrected chi connectivity index (χ3v) is 6.86. The van der Waals surface area contributed by atoms with Crippen molar-refractivity contribution in [1.82, 2.24) is 14.8 Å². The molecule has 1 aromatic carbocycles. The van der Waals surface area contributed by atoms with Crippen LogP contribution in [0.2, 0.25) is 0 Å². The van der Waals surface area contributed by atoms with Crippen LogP contribution in [0.5, 0.6) is 0 Å². The zero-order valence-electron chi connectivity index (χ0n) is 16.1. The smallest absolute Gasteiger partial charge is 0.327 e. The second-order valence-electron chi connectivity index (χ2n) is 6.65. The van der Waals surface area contributed by atoms with Crippen LogP contribution in [-0.2, 0) is 29.2 Å². The lowest BCUT2D eigenvalue weighted by Gasteiger charge is -2.06. The summed E-state index contributed by atoms with van der Waals surface area (Å²) >= 11 is 1.51. The number of H-pyrrole nitrogens is 1. The lowest BCUT2D eigenvalue weighted by molar-refractivity contribution is 0.406. The molecule has 0 amide bonds. The fourth-order valence-electron chi connectivity index (χ4n) is 2.88. The Morgan fingerprint density at radius 2 is 1.90 bits per heavy atom. The molecule has 0 fully saturated rings. The van der Waals surface area contributed by atoms with Crippen molar-refractivity contribution >= 4 is 21.2 Å². The first-order valence-electron chi connectivity index (χ1n) is 8.95. The summed E-state index contributed by atoms with van der Waals surface area (Å²) in [5.74, 6) is 0.210. The number of hydrogen-bond donors (Lipinski definition) is 2. The van der Waals surface area contributed by atoms with Crippen LogP contribution in [0.1, 0.15) is 10.7 Å². The van der Waals surface area contributed by atoms with Crippen molar-refractivity contribution < 1.29 is 17.2 Å². The number of rotatable bonds is 8. The van der Waals surface area contributed by atoms with Crippen molar-refractivity contribution in [2.24, 2.45) is 5.73 Å². The van der Waals surface area contributed by atoms with Gasteiger partial charge in [0.1, 0.15) is 5.82 Å². The fourth-order valence-corrected chi connectivity index (χ4v) is 4.51. The highest BCUT2D eigenvalue weighted by Crippen LogP contribution is 2.29. The second kappa shape index (κ2) is 9.02. The Balaban J connectivity index is 1.73. The van der Waals surface area contributed by atoms with Crippen LogP contribution in [0.4, 0.5) is 8.78 Å². The van der Waals surface area contributed by atoms with Crippen molar-refractivity contribution in [3.63, 3.8) is 0 Å². The number of nitrogens with one attached hydrogen (secondary N) is 1. The fraction of sp³-hybridized carbons (Fsp3) is 0.263. The number of hydrogen-bond acceptors (Lipinski definition) is 6. The Morgan fingerprint density at radius 1 is 1.20 bits per heavy atom. The van der Waals surface area contributed by atoms with Crippen LogP contribution in [0.3, 0.4) is 0 Å². The molecule has 3 aromatic rings. The van der Waals surface area contributed by atoms with Crippen molar-refractivity contribution in [2.45, 2.75) is 24.3 Å². The summed E-state index contributed by atoms with van der Waals surface area (Å²) < 4.78 is 50.2. The number of halogens is 2. The molecule has 11 heteroatoms. The number of thiophene rings is 1. The molecule has 0 spiro atoms. The Bertz CT molecular complexity index is 1220. The highest BCUT2D eigenvalue weighted by molar-refractivity contribution is 7.90. The number of benzene rings is 1. The molecule has 2 heterocycles. The number of nitrogens with zero attached hydrogens (tertiary/aromatic N) is 2. The lowest BCUT2D eigenvalue weighted by atomic mass is 10.2. The molecule has 0 aliphatic rings. The largest absolute Gasteiger partial charge is 0.343 e. The van der Waals surface area contributed by atoms with Gasteiger partial charge in [0, 0.05) is 41.1 Å². The summed E-state index contributed by atoms with van der Waals surface area (Å²) in [5.41, 5.74) is 5.50. The van der Waals surface area contributed by atoms with Gasteiger partial charge in [-0.25, -0.2) is 18.3 Å². The van der Waals surface area contributed by atoms with Crippen LogP contribution >= 0.6 is 11.3 Å². The first kappa shape index (κ1) is 22.1. The average Bonchev–Trinajstić information content (AvgIpc) is 3.30. The van der Waals surface area contributed by atoms with Gasteiger partial charge in [0.15, 0.2) is 9.84 Å². The predicted molar refractivity (Wildman–Crippen MR) is 111 cm³/mol. The number of nitrogens with two attached hydrogens (primary N) is 1. The zero-order chi connectivity index (χ0) is 21.9. The average molecular weight is 455 g/mol. The van der Waals surface area contributed by atoms with Gasteiger partial charge in [0.05, 0.1) is 4.90 Å². The standard InChI is InChI=1S/C19H20F2N4O3S2/c1-30(27,28)15-5-2-12(3-6-15)16-7-4-14(29-16)8-9-25-17(23-24-19(25)26)10-13(11-22)18(20)21/h2-7H,8-11,22H2,1H3,(H,24,26). The molecule has 160 valence electrons. The predicted octanol–water partition coefficient (Wildman–Crippen LogP) is 2.60. The summed E-state index contributed by atoms with van der Waals surface area (Å²) in [7, 11) is -3.25. The quantitative estimate of drug-likeness (QED) is 0.544. The van der Waals surface area contributed by atoms with Crippen LogP contribution in [-0.4, -0.2) is 36.0 Å². The highest BCUT2D eigenvalue weighted by atomic mass is 32.2. The van der Waals surface area contributed by atoms with Gasteiger partial charge in [-0.3, -0.25) is 4.57 Å². The first-order chi connectivity index (χ1) is 14.2. The van der Waals surface area contributed by atoms with Crippen LogP contribution in [0.15, 0.2) is 57.7 Å². The van der Waals surface area contributed by atoms with Gasteiger partial charge in [0.25, 0.3) is 6.08 Å². The van der Waals surface area contributed by atoms with E-state index in [2.05, 4.69) is 10.2 Å². The van der Waals surface area contributed by atoms with E-state index >= 15 is 0 Å². The summed E-state index contributed by atoms with van der Waals surface area (Å²) in [6.07, 6.45) is -0.381. The molecule has 3 N–H and O–H groups in total. The SMILES string of the molecule is CS(=O)(=O)c1ccc(-c2ccc(CCn3c(CC(CN)=C(F)F)n[nH]c3=O)s2)cc1. The minimum absolute atomic E-state index is 0.194. The van der Waals surface area contributed by atoms with Crippen molar-refractivity contribution in [2.75, 3.05) is 12.8 Å². The molecule has 0 atom stereocenters. The minimum Gasteiger partial charge on any atom is -0.327 e. The van der Waals surface area contributed by atoms with Gasteiger partial charge in [0.2, 0.25) is 0 Å². The molecule has 0 aliphatic heterocycles. The Hall–Kier alpha value is -2.63. The summed E-state index contributed by atoms with van der Waals surface area (Å²) in [5, 5.41) is 6.13. The molecule has 0 unspecified atom stereocenters. The summed E-state index contributed by atoms with van der Waals surface area (Å²) in [4.78, 5) is 14.2. The van der Waals surface area contributed by atoms with Gasteiger partial charge < -0.3 is 5.73 Å². The molecule has 0 saturated carbocycles. The molecule has 0 saturated heterocycles. The topological polar surface area (TPSA) is 111 Å². The van der Waals surface area contributed by atoms with Crippen molar-refractivity contribution in [3.8, 4) is 10.4 Å². The third kappa shape index (κ3) is 5.10. The van der Waals surface area contributed by atoms with Crippen LogP contribution in [0.25, 0.3) is 10.4 Å². The Kier molecular flexibility index (Phi) is 6.64. The van der Waals surface area contributed by atoms with Gasteiger partial charge >= 0.3 is 5.69 Å². The Morgan fingerprint density at radius 3 is 2.50 bits per heavy atom. The molecule has 30 heavy (non-hydrogen) atoms. The van der Waals surface area contributed by atoms with Crippen LogP contribution < -0.4 is 11.4 Å². The maximum atomic E-state index is 12.9. The molecule has 2 aromatic heterocycles. The van der Waals surface area contributed by atoms with Crippen molar-refractivity contribution in [3.05, 3.63) is 69.2 Å². The van der Waals surface area contributed by atoms with Crippen LogP contribution in [0, 0.1) is 0 Å². The maximum absolute atomic E-state index is 12.9. The number of sulfone groups is 1. The van der Waals surface area contributed by atoms with E-state index in [1.54, 1.807) is 24.3 Å². The van der Waals surface area contributed by atoms with Gasteiger partial charge in [-0.15, -0.1) is 11.3 Å². The number of aryl methyl sites for hydroxylation is 1. The van der Waals surface area contributed by atoms with Gasteiger partial charge in [-0.05, 0) is 36.2 Å². The van der Waals surface area contributed by atoms with E-state index in [0.717, 1.165) is 21.6 Å². The van der Waals surface area contributed by atoms with E-state index in [0.29, 0.717) is 6.42 Å². The monoisotopic (exact) mass is 454 g/mol. The Labute approximate surface area is 175 Å². The molecule has 0 bridgehead atoms. The second-order valence-corrected chi connectivity index (χ2v) is 9.84. The van der Waals surface area contributed by atoms with E-state index in [1.807, 2.05) is 12.1 Å². The number of aromatic nitrogens is 3. The first-order valence-corrected chi connectivity index (χ1v) is 11.7. The van der Waals surface area contributed by atoms with Gasteiger partial charge in [-0.2, -0.15) is 13.9 Å². The summed E-state index contributed by atoms with van der Waals surface area (Å²) in [6.45, 7) is -0.0286. The third-order valence-electron chi connectivity index (χ3n) is 4.53. The molecule has 3 rings (SSSR count). The molecular weight excluding hydrogens is 434 g/mol. The molecule has 7 nitrogen and oxygen atoms in total. The maximum Gasteiger partial charge on any atom is 0.343 e. The highest BCUT2D eigenvalue weighted by Gasteiger charge is 2.14. The van der Waals surface area contributed by atoms with Gasteiger partial charge in [-0.1, -0.05) is 12.1 Å². The molecule has 0 aliphatic carbocycles. The van der Waals surface area contributed by atoms with E-state index < -0.39 is 21.6 Å². The van der Waals surface area contributed by atoms with E-state index in [-0.39, 0.29) is 35.8 Å². The lowest BCUT2D eigenvalue weighted by Crippen LogP contribution is -2.21. The normalized spacial score (nSPS) is 11.6. The van der Waals surface area contributed by atoms with E-state index in [9.17, 15) is 22.0 Å². The minimum atomic E-state index is -3.25. The van der Waals surface area contributed by atoms with E-state index in [1.165, 1.54) is 15.9 Å². The number of aromatic amines is 1. The molecule has 0 radical (unpaired) electrons. The van der Waals surface area contributed by atoms with E-state index in [4.69, 9.17) is 5.73 Å².